The van der Waals surface area contributed by atoms with Gasteiger partial charge < -0.3 is 4.74 Å². The number of hydrogen-bond acceptors (Lipinski definition) is 4. The zero-order valence-corrected chi connectivity index (χ0v) is 9.64. The van der Waals surface area contributed by atoms with Crippen molar-refractivity contribution < 1.29 is 14.3 Å². The Morgan fingerprint density at radius 2 is 1.88 bits per heavy atom. The van der Waals surface area contributed by atoms with E-state index in [1.54, 1.807) is 19.1 Å². The number of anilines is 1. The molecular weight excluding hydrogens is 220 g/mol. The molecule has 0 aromatic heterocycles. The summed E-state index contributed by atoms with van der Waals surface area (Å²) in [5.41, 5.74) is 1.63. The fourth-order valence-corrected chi connectivity index (χ4v) is 1.46. The molecule has 0 fully saturated rings. The fraction of sp³-hybridized carbons (Fsp3) is 0.250. The van der Waals surface area contributed by atoms with Crippen molar-refractivity contribution in [2.24, 2.45) is 5.10 Å². The number of ether oxygens (including phenoxy) is 1. The van der Waals surface area contributed by atoms with Crippen LogP contribution in [0, 0.1) is 6.92 Å². The third-order valence-electron chi connectivity index (χ3n) is 2.33. The highest BCUT2D eigenvalue weighted by Gasteiger charge is 2.36. The number of ketones is 1. The quantitative estimate of drug-likeness (QED) is 0.721. The Balaban J connectivity index is 2.30. The SMILES string of the molecule is CCOC1=NN(c2ccc(C)cc2)C(=O)C1=O. The lowest BCUT2D eigenvalue weighted by molar-refractivity contribution is -0.132. The van der Waals surface area contributed by atoms with Crippen molar-refractivity contribution in [1.29, 1.82) is 0 Å². The summed E-state index contributed by atoms with van der Waals surface area (Å²) in [4.78, 5) is 23.2. The van der Waals surface area contributed by atoms with Crippen molar-refractivity contribution in [2.45, 2.75) is 13.8 Å². The van der Waals surface area contributed by atoms with Crippen molar-refractivity contribution in [3.63, 3.8) is 0 Å². The van der Waals surface area contributed by atoms with Gasteiger partial charge in [-0.3, -0.25) is 9.59 Å². The maximum atomic E-state index is 11.7. The molecule has 2 rings (SSSR count). The molecule has 0 atom stereocenters. The number of benzene rings is 1. The number of Topliss-reactive ketones (excluding diaryl/α,β-unsaturated/α-hetero) is 1. The van der Waals surface area contributed by atoms with Gasteiger partial charge in [0.1, 0.15) is 0 Å². The van der Waals surface area contributed by atoms with E-state index in [2.05, 4.69) is 5.10 Å². The summed E-state index contributed by atoms with van der Waals surface area (Å²) in [5, 5.41) is 4.93. The van der Waals surface area contributed by atoms with E-state index in [4.69, 9.17) is 4.74 Å². The number of aryl methyl sites for hydroxylation is 1. The molecule has 5 nitrogen and oxygen atoms in total. The second-order valence-electron chi connectivity index (χ2n) is 3.62. The van der Waals surface area contributed by atoms with Crippen molar-refractivity contribution in [1.82, 2.24) is 0 Å². The van der Waals surface area contributed by atoms with Crippen LogP contribution in [0.1, 0.15) is 12.5 Å². The molecule has 0 bridgehead atoms. The van der Waals surface area contributed by atoms with Crippen LogP contribution >= 0.6 is 0 Å². The molecule has 0 spiro atoms. The lowest BCUT2D eigenvalue weighted by atomic mass is 10.2. The summed E-state index contributed by atoms with van der Waals surface area (Å²) >= 11 is 0. The van der Waals surface area contributed by atoms with Crippen LogP contribution in [0.4, 0.5) is 5.69 Å². The topological polar surface area (TPSA) is 59.0 Å². The molecule has 1 aromatic rings. The molecule has 0 N–H and O–H groups in total. The maximum Gasteiger partial charge on any atom is 0.325 e. The van der Waals surface area contributed by atoms with E-state index < -0.39 is 11.7 Å². The van der Waals surface area contributed by atoms with E-state index in [1.807, 2.05) is 19.1 Å². The summed E-state index contributed by atoms with van der Waals surface area (Å²) in [7, 11) is 0. The van der Waals surface area contributed by atoms with Crippen LogP contribution in [0.5, 0.6) is 0 Å². The lowest BCUT2D eigenvalue weighted by Crippen LogP contribution is -2.27. The van der Waals surface area contributed by atoms with Crippen molar-refractivity contribution >= 4 is 23.3 Å². The molecule has 0 saturated heterocycles. The van der Waals surface area contributed by atoms with Gasteiger partial charge in [0, 0.05) is 0 Å². The second kappa shape index (κ2) is 4.37. The number of carbonyl (C=O) groups is 2. The van der Waals surface area contributed by atoms with E-state index in [1.165, 1.54) is 0 Å². The van der Waals surface area contributed by atoms with E-state index in [0.29, 0.717) is 12.3 Å². The summed E-state index contributed by atoms with van der Waals surface area (Å²) in [6, 6.07) is 7.17. The Bertz CT molecular complexity index is 491. The molecule has 1 aliphatic rings. The summed E-state index contributed by atoms with van der Waals surface area (Å²) in [5.74, 6) is -1.53. The van der Waals surface area contributed by atoms with Gasteiger partial charge in [-0.05, 0) is 26.0 Å². The molecule has 1 aromatic carbocycles. The molecule has 1 heterocycles. The van der Waals surface area contributed by atoms with Gasteiger partial charge in [-0.1, -0.05) is 17.7 Å². The van der Waals surface area contributed by atoms with Gasteiger partial charge in [0.25, 0.3) is 5.90 Å². The van der Waals surface area contributed by atoms with Gasteiger partial charge in [-0.2, -0.15) is 5.01 Å². The van der Waals surface area contributed by atoms with Crippen LogP contribution in [0.25, 0.3) is 0 Å². The summed E-state index contributed by atoms with van der Waals surface area (Å²) < 4.78 is 5.00. The average molecular weight is 232 g/mol. The minimum absolute atomic E-state index is 0.141. The summed E-state index contributed by atoms with van der Waals surface area (Å²) in [6.45, 7) is 3.98. The van der Waals surface area contributed by atoms with Gasteiger partial charge in [0.05, 0.1) is 12.3 Å². The number of nitrogens with zero attached hydrogens (tertiary/aromatic N) is 2. The zero-order chi connectivity index (χ0) is 12.4. The number of amides is 1. The van der Waals surface area contributed by atoms with Gasteiger partial charge in [-0.25, -0.2) is 0 Å². The Kier molecular flexibility index (Phi) is 2.91. The molecular formula is C12H12N2O3. The van der Waals surface area contributed by atoms with Gasteiger partial charge in [-0.15, -0.1) is 5.10 Å². The first-order chi connectivity index (χ1) is 8.13. The highest BCUT2D eigenvalue weighted by Crippen LogP contribution is 2.19. The Morgan fingerprint density at radius 1 is 1.24 bits per heavy atom. The van der Waals surface area contributed by atoms with E-state index in [-0.39, 0.29) is 5.90 Å². The van der Waals surface area contributed by atoms with E-state index >= 15 is 0 Å². The highest BCUT2D eigenvalue weighted by atomic mass is 16.5. The molecule has 88 valence electrons. The fourth-order valence-electron chi connectivity index (χ4n) is 1.46. The minimum atomic E-state index is -0.701. The van der Waals surface area contributed by atoms with E-state index in [9.17, 15) is 9.59 Å². The predicted octanol–water partition coefficient (Wildman–Crippen LogP) is 1.26. The van der Waals surface area contributed by atoms with Gasteiger partial charge in [0.2, 0.25) is 0 Å². The van der Waals surface area contributed by atoms with Crippen LogP contribution in [0.3, 0.4) is 0 Å². The van der Waals surface area contributed by atoms with Crippen LogP contribution in [-0.2, 0) is 14.3 Å². The number of hydrogen-bond donors (Lipinski definition) is 0. The maximum absolute atomic E-state index is 11.7. The smallest absolute Gasteiger partial charge is 0.325 e. The third kappa shape index (κ3) is 2.04. The lowest BCUT2D eigenvalue weighted by Gasteiger charge is -2.09. The van der Waals surface area contributed by atoms with Crippen LogP contribution in [0.2, 0.25) is 0 Å². The van der Waals surface area contributed by atoms with Crippen LogP contribution in [-0.4, -0.2) is 24.2 Å². The molecule has 17 heavy (non-hydrogen) atoms. The molecule has 1 amide bonds. The zero-order valence-electron chi connectivity index (χ0n) is 9.64. The largest absolute Gasteiger partial charge is 0.474 e. The van der Waals surface area contributed by atoms with Gasteiger partial charge in [0.15, 0.2) is 0 Å². The first kappa shape index (κ1) is 11.3. The standard InChI is InChI=1S/C12H12N2O3/c1-3-17-11-10(15)12(16)14(13-11)9-6-4-8(2)5-7-9/h4-7H,3H2,1-2H3. The molecule has 5 heteroatoms. The third-order valence-corrected chi connectivity index (χ3v) is 2.33. The predicted molar refractivity (Wildman–Crippen MR) is 62.7 cm³/mol. The number of carbonyl (C=O) groups excluding carboxylic acids is 2. The average Bonchev–Trinajstić information content (AvgIpc) is 2.59. The van der Waals surface area contributed by atoms with Crippen molar-refractivity contribution in [3.8, 4) is 0 Å². The molecule has 0 radical (unpaired) electrons. The monoisotopic (exact) mass is 232 g/mol. The van der Waals surface area contributed by atoms with Crippen LogP contribution in [0.15, 0.2) is 29.4 Å². The van der Waals surface area contributed by atoms with Crippen molar-refractivity contribution in [2.75, 3.05) is 11.6 Å². The first-order valence-corrected chi connectivity index (χ1v) is 5.30. The summed E-state index contributed by atoms with van der Waals surface area (Å²) in [6.07, 6.45) is 0. The molecule has 1 aliphatic heterocycles. The number of rotatable bonds is 2. The minimum Gasteiger partial charge on any atom is -0.474 e. The van der Waals surface area contributed by atoms with E-state index in [0.717, 1.165) is 10.6 Å². The molecule has 0 aliphatic carbocycles. The Hall–Kier alpha value is -2.17. The number of hydrazone groups is 1. The molecule has 0 unspecified atom stereocenters. The Morgan fingerprint density at radius 3 is 2.47 bits per heavy atom. The second-order valence-corrected chi connectivity index (χ2v) is 3.62. The highest BCUT2D eigenvalue weighted by molar-refractivity contribution is 6.67. The Labute approximate surface area is 98.7 Å². The van der Waals surface area contributed by atoms with Crippen LogP contribution < -0.4 is 5.01 Å². The normalized spacial score (nSPS) is 15.2. The van der Waals surface area contributed by atoms with Crippen molar-refractivity contribution in [3.05, 3.63) is 29.8 Å². The first-order valence-electron chi connectivity index (χ1n) is 5.30. The van der Waals surface area contributed by atoms with Gasteiger partial charge >= 0.3 is 11.7 Å². The molecule has 0 saturated carbocycles.